The van der Waals surface area contributed by atoms with Gasteiger partial charge >= 0.3 is 5.92 Å². The Kier molecular flexibility index (Phi) is 6.73. The fourth-order valence-corrected chi connectivity index (χ4v) is 3.76. The van der Waals surface area contributed by atoms with Crippen molar-refractivity contribution in [3.8, 4) is 11.1 Å². The summed E-state index contributed by atoms with van der Waals surface area (Å²) in [4.78, 5) is 11.9. The average molecular weight is 437 g/mol. The van der Waals surface area contributed by atoms with Crippen LogP contribution in [0.5, 0.6) is 0 Å². The van der Waals surface area contributed by atoms with Crippen molar-refractivity contribution in [1.82, 2.24) is 5.32 Å². The fraction of sp³-hybridized carbons (Fsp3) is 0.409. The molecule has 0 aliphatic carbocycles. The Hall–Kier alpha value is -2.43. The fourth-order valence-electron chi connectivity index (χ4n) is 3.76. The summed E-state index contributed by atoms with van der Waals surface area (Å²) in [6.45, 7) is 0.677. The van der Waals surface area contributed by atoms with Gasteiger partial charge in [0.25, 0.3) is 5.91 Å². The molecule has 9 heteroatoms. The Morgan fingerprint density at radius 3 is 2.35 bits per heavy atom. The van der Waals surface area contributed by atoms with E-state index in [1.807, 2.05) is 0 Å². The first-order chi connectivity index (χ1) is 14.6. The first-order valence-corrected chi connectivity index (χ1v) is 9.73. The second-order valence-corrected chi connectivity index (χ2v) is 7.56. The number of ether oxygens (including phenoxy) is 1. The number of hydrogen-bond acceptors (Lipinski definition) is 6. The first kappa shape index (κ1) is 23.2. The summed E-state index contributed by atoms with van der Waals surface area (Å²) < 4.78 is 35.7. The van der Waals surface area contributed by atoms with Crippen molar-refractivity contribution in [2.45, 2.75) is 43.4 Å². The van der Waals surface area contributed by atoms with E-state index in [4.69, 9.17) is 4.74 Å². The Morgan fingerprint density at radius 1 is 1.06 bits per heavy atom. The number of carbonyl (C=O) groups excluding carboxylic acids is 1. The lowest BCUT2D eigenvalue weighted by atomic mass is 9.87. The molecule has 0 radical (unpaired) electrons. The molecule has 0 saturated carbocycles. The minimum atomic E-state index is -3.72. The van der Waals surface area contributed by atoms with Crippen LogP contribution in [-0.4, -0.2) is 70.5 Å². The Labute approximate surface area is 177 Å². The van der Waals surface area contributed by atoms with Crippen LogP contribution in [0.2, 0.25) is 0 Å². The SMILES string of the molecule is CNC(=O)c1cccc(-c2ccc(C(F)(F)[C@H]3OC(CO)[C@@H](O)[C@H](O)C3O)c(C)c2)c1. The van der Waals surface area contributed by atoms with Gasteiger partial charge in [0, 0.05) is 18.2 Å². The third kappa shape index (κ3) is 4.32. The molecule has 1 heterocycles. The molecule has 7 nitrogen and oxygen atoms in total. The number of amides is 1. The molecule has 2 unspecified atom stereocenters. The highest BCUT2D eigenvalue weighted by molar-refractivity contribution is 5.95. The molecule has 5 N–H and O–H groups in total. The number of benzene rings is 2. The van der Waals surface area contributed by atoms with Crippen molar-refractivity contribution in [3.05, 3.63) is 59.2 Å². The van der Waals surface area contributed by atoms with E-state index in [-0.39, 0.29) is 11.5 Å². The third-order valence-corrected chi connectivity index (χ3v) is 5.52. The first-order valence-electron chi connectivity index (χ1n) is 9.73. The van der Waals surface area contributed by atoms with Crippen LogP contribution in [0.3, 0.4) is 0 Å². The van der Waals surface area contributed by atoms with E-state index in [9.17, 15) is 25.2 Å². The van der Waals surface area contributed by atoms with Crippen LogP contribution in [0, 0.1) is 6.92 Å². The predicted octanol–water partition coefficient (Wildman–Crippen LogP) is 0.956. The number of hydrogen-bond donors (Lipinski definition) is 5. The molecule has 5 atom stereocenters. The summed E-state index contributed by atoms with van der Waals surface area (Å²) in [6, 6.07) is 10.9. The summed E-state index contributed by atoms with van der Waals surface area (Å²) in [5, 5.41) is 41.6. The number of alkyl halides is 2. The predicted molar refractivity (Wildman–Crippen MR) is 108 cm³/mol. The van der Waals surface area contributed by atoms with Crippen LogP contribution in [0.15, 0.2) is 42.5 Å². The minimum Gasteiger partial charge on any atom is -0.394 e. The molecule has 1 aliphatic rings. The molecule has 0 spiro atoms. The summed E-state index contributed by atoms with van der Waals surface area (Å²) in [6.07, 6.45) is -9.27. The van der Waals surface area contributed by atoms with Gasteiger partial charge in [-0.15, -0.1) is 0 Å². The van der Waals surface area contributed by atoms with Crippen molar-refractivity contribution in [1.29, 1.82) is 0 Å². The van der Waals surface area contributed by atoms with Crippen molar-refractivity contribution in [2.75, 3.05) is 13.7 Å². The standard InChI is InChI=1S/C22H25F2NO6/c1-11-8-13(12-4-3-5-14(9-12)21(30)25-2)6-7-15(11)22(23,24)20-19(29)18(28)17(27)16(10-26)31-20/h3-9,16-20,26-29H,10H2,1-2H3,(H,25,30)/t16?,17-,18+,19?,20+/m1/s1. The highest BCUT2D eigenvalue weighted by Gasteiger charge is 2.55. The maximum absolute atomic E-state index is 15.3. The van der Waals surface area contributed by atoms with Crippen molar-refractivity contribution >= 4 is 5.91 Å². The third-order valence-electron chi connectivity index (χ3n) is 5.52. The molecule has 0 bridgehead atoms. The summed E-state index contributed by atoms with van der Waals surface area (Å²) >= 11 is 0. The molecule has 31 heavy (non-hydrogen) atoms. The van der Waals surface area contributed by atoms with Gasteiger partial charge in [-0.2, -0.15) is 8.78 Å². The molecule has 1 amide bonds. The second-order valence-electron chi connectivity index (χ2n) is 7.56. The van der Waals surface area contributed by atoms with E-state index in [0.29, 0.717) is 16.7 Å². The maximum Gasteiger partial charge on any atom is 0.301 e. The monoisotopic (exact) mass is 437 g/mol. The molecule has 0 aromatic heterocycles. The molecule has 1 aliphatic heterocycles. The van der Waals surface area contributed by atoms with Crippen molar-refractivity contribution in [2.24, 2.45) is 0 Å². The second kappa shape index (κ2) is 8.97. The highest BCUT2D eigenvalue weighted by Crippen LogP contribution is 2.41. The molecule has 2 aromatic carbocycles. The van der Waals surface area contributed by atoms with Crippen LogP contribution < -0.4 is 5.32 Å². The van der Waals surface area contributed by atoms with Gasteiger partial charge in [0.2, 0.25) is 0 Å². The molecule has 1 saturated heterocycles. The van der Waals surface area contributed by atoms with E-state index in [0.717, 1.165) is 0 Å². The van der Waals surface area contributed by atoms with Gasteiger partial charge in [0.15, 0.2) is 6.10 Å². The van der Waals surface area contributed by atoms with E-state index in [1.54, 1.807) is 24.3 Å². The number of aliphatic hydroxyl groups excluding tert-OH is 4. The van der Waals surface area contributed by atoms with Gasteiger partial charge < -0.3 is 30.5 Å². The number of rotatable bonds is 5. The number of aryl methyl sites for hydroxylation is 1. The Balaban J connectivity index is 1.94. The van der Waals surface area contributed by atoms with Crippen LogP contribution in [0.4, 0.5) is 8.78 Å². The molecule has 2 aromatic rings. The quantitative estimate of drug-likeness (QED) is 0.475. The lowest BCUT2D eigenvalue weighted by molar-refractivity contribution is -0.284. The van der Waals surface area contributed by atoms with Gasteiger partial charge in [-0.25, -0.2) is 0 Å². The van der Waals surface area contributed by atoms with Crippen LogP contribution >= 0.6 is 0 Å². The zero-order valence-corrected chi connectivity index (χ0v) is 17.0. The van der Waals surface area contributed by atoms with E-state index < -0.39 is 48.6 Å². The van der Waals surface area contributed by atoms with Crippen LogP contribution in [0.25, 0.3) is 11.1 Å². The van der Waals surface area contributed by atoms with Crippen LogP contribution in [-0.2, 0) is 10.7 Å². The largest absolute Gasteiger partial charge is 0.394 e. The van der Waals surface area contributed by atoms with Gasteiger partial charge in [0.05, 0.1) is 6.61 Å². The molecule has 1 fully saturated rings. The van der Waals surface area contributed by atoms with Crippen molar-refractivity contribution in [3.63, 3.8) is 0 Å². The minimum absolute atomic E-state index is 0.199. The lowest BCUT2D eigenvalue weighted by Gasteiger charge is -2.43. The Bertz CT molecular complexity index is 951. The Morgan fingerprint density at radius 2 is 1.74 bits per heavy atom. The van der Waals surface area contributed by atoms with Gasteiger partial charge in [0.1, 0.15) is 24.4 Å². The lowest BCUT2D eigenvalue weighted by Crippen LogP contribution is -2.62. The summed E-state index contributed by atoms with van der Waals surface area (Å²) in [5.41, 5.74) is 1.46. The molecule has 3 rings (SSSR count). The van der Waals surface area contributed by atoms with Crippen molar-refractivity contribution < 1.29 is 38.7 Å². The normalized spacial score (nSPS) is 26.5. The number of nitrogens with one attached hydrogen (secondary N) is 1. The zero-order valence-electron chi connectivity index (χ0n) is 17.0. The number of aliphatic hydroxyl groups is 4. The number of carbonyl (C=O) groups is 1. The van der Waals surface area contributed by atoms with Gasteiger partial charge in [-0.1, -0.05) is 30.3 Å². The van der Waals surface area contributed by atoms with Gasteiger partial charge in [-0.05, 0) is 35.7 Å². The maximum atomic E-state index is 15.3. The average Bonchev–Trinajstić information content (AvgIpc) is 2.76. The van der Waals surface area contributed by atoms with E-state index in [2.05, 4.69) is 5.32 Å². The zero-order chi connectivity index (χ0) is 22.9. The molecular weight excluding hydrogens is 412 g/mol. The smallest absolute Gasteiger partial charge is 0.301 e. The topological polar surface area (TPSA) is 119 Å². The van der Waals surface area contributed by atoms with Crippen LogP contribution in [0.1, 0.15) is 21.5 Å². The summed E-state index contributed by atoms with van der Waals surface area (Å²) in [5.74, 6) is -4.00. The highest BCUT2D eigenvalue weighted by atomic mass is 19.3. The van der Waals surface area contributed by atoms with E-state index in [1.165, 1.54) is 32.2 Å². The van der Waals surface area contributed by atoms with Gasteiger partial charge in [-0.3, -0.25) is 4.79 Å². The molecule has 168 valence electrons. The molecular formula is C22H25F2NO6. The number of halogens is 2. The summed E-state index contributed by atoms with van der Waals surface area (Å²) in [7, 11) is 1.51. The van der Waals surface area contributed by atoms with E-state index >= 15 is 8.78 Å².